The van der Waals surface area contributed by atoms with Crippen molar-refractivity contribution in [3.63, 3.8) is 0 Å². The molecule has 1 aliphatic rings. The van der Waals surface area contributed by atoms with Crippen LogP contribution in [0.1, 0.15) is 34.2 Å². The second-order valence-electron chi connectivity index (χ2n) is 7.17. The second-order valence-corrected chi connectivity index (χ2v) is 7.17. The number of aliphatic carboxylic acids is 1. The van der Waals surface area contributed by atoms with E-state index in [0.717, 1.165) is 33.4 Å². The van der Waals surface area contributed by atoms with Crippen LogP contribution in [-0.4, -0.2) is 17.2 Å². The minimum Gasteiger partial charge on any atom is -0.481 e. The Kier molecular flexibility index (Phi) is 5.61. The average molecular weight is 399 g/mol. The zero-order valence-corrected chi connectivity index (χ0v) is 16.3. The van der Waals surface area contributed by atoms with Crippen LogP contribution >= 0.6 is 0 Å². The smallest absolute Gasteiger partial charge is 0.411 e. The minimum absolute atomic E-state index is 0.0623. The quantitative estimate of drug-likeness (QED) is 0.606. The van der Waals surface area contributed by atoms with Crippen molar-refractivity contribution in [2.75, 3.05) is 5.32 Å². The summed E-state index contributed by atoms with van der Waals surface area (Å²) in [4.78, 5) is 23.6. The highest BCUT2D eigenvalue weighted by Gasteiger charge is 2.17. The Balaban J connectivity index is 1.55. The van der Waals surface area contributed by atoms with Crippen LogP contribution < -0.4 is 5.32 Å². The summed E-state index contributed by atoms with van der Waals surface area (Å²) in [5.74, 6) is -0.877. The lowest BCUT2D eigenvalue weighted by Gasteiger charge is -2.10. The summed E-state index contributed by atoms with van der Waals surface area (Å²) < 4.78 is 5.28. The monoisotopic (exact) mass is 399 g/mol. The third kappa shape index (κ3) is 4.58. The second kappa shape index (κ2) is 8.66. The first kappa shape index (κ1) is 19.5. The number of anilines is 1. The Labute approximate surface area is 174 Å². The van der Waals surface area contributed by atoms with Gasteiger partial charge >= 0.3 is 12.1 Å². The number of carbonyl (C=O) groups is 2. The molecule has 0 bridgehead atoms. The van der Waals surface area contributed by atoms with Crippen molar-refractivity contribution >= 4 is 29.4 Å². The standard InChI is InChI=1S/C25H21NO4/c27-24(28)15-21-13-20-14-22(26-25(29)30-16-17-6-2-1-3-7-17)11-10-18(20)12-19-8-4-5-9-23(19)21/h1-11,13-14H,12,15-16H2,(H,26,29)(H,27,28). The molecule has 0 spiro atoms. The van der Waals surface area contributed by atoms with E-state index in [1.807, 2.05) is 78.9 Å². The van der Waals surface area contributed by atoms with Crippen molar-refractivity contribution in [3.05, 3.63) is 101 Å². The van der Waals surface area contributed by atoms with Gasteiger partial charge in [0.25, 0.3) is 0 Å². The Bertz CT molecular complexity index is 1120. The SMILES string of the molecule is O=C(O)CC1=Cc2cc(NC(=O)OCc3ccccc3)ccc2Cc2ccccc21. The molecule has 0 aliphatic heterocycles. The minimum atomic E-state index is -0.877. The number of amides is 1. The molecule has 30 heavy (non-hydrogen) atoms. The summed E-state index contributed by atoms with van der Waals surface area (Å²) in [6.45, 7) is 0.190. The molecule has 0 fully saturated rings. The van der Waals surface area contributed by atoms with Crippen LogP contribution in [0.4, 0.5) is 10.5 Å². The van der Waals surface area contributed by atoms with Gasteiger partial charge < -0.3 is 9.84 Å². The third-order valence-electron chi connectivity index (χ3n) is 5.02. The van der Waals surface area contributed by atoms with E-state index in [9.17, 15) is 14.7 Å². The predicted octanol–water partition coefficient (Wildman–Crippen LogP) is 5.35. The summed E-state index contributed by atoms with van der Waals surface area (Å²) in [5, 5.41) is 12.1. The lowest BCUT2D eigenvalue weighted by atomic mass is 9.96. The molecule has 0 saturated carbocycles. The number of carboxylic acids is 1. The lowest BCUT2D eigenvalue weighted by Crippen LogP contribution is -2.13. The maximum atomic E-state index is 12.2. The highest BCUT2D eigenvalue weighted by Crippen LogP contribution is 2.33. The largest absolute Gasteiger partial charge is 0.481 e. The highest BCUT2D eigenvalue weighted by molar-refractivity contribution is 5.94. The predicted molar refractivity (Wildman–Crippen MR) is 116 cm³/mol. The number of ether oxygens (including phenoxy) is 1. The van der Waals surface area contributed by atoms with Crippen molar-refractivity contribution in [2.45, 2.75) is 19.4 Å². The topological polar surface area (TPSA) is 75.6 Å². The summed E-state index contributed by atoms with van der Waals surface area (Å²) in [6, 6.07) is 23.0. The zero-order chi connectivity index (χ0) is 20.9. The maximum Gasteiger partial charge on any atom is 0.411 e. The molecule has 4 rings (SSSR count). The van der Waals surface area contributed by atoms with Gasteiger partial charge in [-0.15, -0.1) is 0 Å². The van der Waals surface area contributed by atoms with Gasteiger partial charge in [0.15, 0.2) is 0 Å². The molecule has 3 aromatic carbocycles. The van der Waals surface area contributed by atoms with Crippen LogP contribution in [0, 0.1) is 0 Å². The fourth-order valence-electron chi connectivity index (χ4n) is 3.61. The summed E-state index contributed by atoms with van der Waals surface area (Å²) >= 11 is 0. The fourth-order valence-corrected chi connectivity index (χ4v) is 3.61. The maximum absolute atomic E-state index is 12.2. The highest BCUT2D eigenvalue weighted by atomic mass is 16.5. The van der Waals surface area contributed by atoms with Crippen LogP contribution in [0.5, 0.6) is 0 Å². The fraction of sp³-hybridized carbons (Fsp3) is 0.120. The molecular formula is C25H21NO4. The number of carbonyl (C=O) groups excluding carboxylic acids is 1. The van der Waals surface area contributed by atoms with Gasteiger partial charge in [-0.3, -0.25) is 10.1 Å². The summed E-state index contributed by atoms with van der Waals surface area (Å²) in [6.07, 6.45) is 2.00. The number of benzene rings is 3. The van der Waals surface area contributed by atoms with Gasteiger partial charge in [0.1, 0.15) is 6.61 Å². The van der Waals surface area contributed by atoms with Crippen molar-refractivity contribution in [1.29, 1.82) is 0 Å². The molecule has 2 N–H and O–H groups in total. The number of hydrogen-bond donors (Lipinski definition) is 2. The van der Waals surface area contributed by atoms with E-state index in [2.05, 4.69) is 5.32 Å². The molecular weight excluding hydrogens is 378 g/mol. The van der Waals surface area contributed by atoms with E-state index in [1.165, 1.54) is 0 Å². The van der Waals surface area contributed by atoms with Crippen LogP contribution in [-0.2, 0) is 22.6 Å². The van der Waals surface area contributed by atoms with Gasteiger partial charge in [-0.05, 0) is 51.9 Å². The van der Waals surface area contributed by atoms with Gasteiger partial charge in [-0.1, -0.05) is 66.7 Å². The normalized spacial score (nSPS) is 12.1. The lowest BCUT2D eigenvalue weighted by molar-refractivity contribution is -0.135. The number of carboxylic acid groups (broad SMARTS) is 1. The molecule has 1 aliphatic carbocycles. The van der Waals surface area contributed by atoms with Crippen LogP contribution in [0.3, 0.4) is 0 Å². The molecule has 0 unspecified atom stereocenters. The van der Waals surface area contributed by atoms with Crippen molar-refractivity contribution in [2.24, 2.45) is 0 Å². The van der Waals surface area contributed by atoms with Crippen molar-refractivity contribution in [1.82, 2.24) is 0 Å². The third-order valence-corrected chi connectivity index (χ3v) is 5.02. The number of rotatable bonds is 5. The number of fused-ring (bicyclic) bond motifs is 2. The van der Waals surface area contributed by atoms with Crippen LogP contribution in [0.15, 0.2) is 72.8 Å². The van der Waals surface area contributed by atoms with Gasteiger partial charge in [-0.25, -0.2) is 4.79 Å². The Hall–Kier alpha value is -3.86. The summed E-state index contributed by atoms with van der Waals surface area (Å²) in [7, 11) is 0. The molecule has 0 radical (unpaired) electrons. The molecule has 0 saturated heterocycles. The van der Waals surface area contributed by atoms with E-state index in [0.29, 0.717) is 12.1 Å². The first-order valence-electron chi connectivity index (χ1n) is 9.70. The molecule has 0 atom stereocenters. The first-order chi connectivity index (χ1) is 14.6. The molecule has 5 heteroatoms. The molecule has 0 heterocycles. The van der Waals surface area contributed by atoms with E-state index in [-0.39, 0.29) is 13.0 Å². The van der Waals surface area contributed by atoms with E-state index >= 15 is 0 Å². The molecule has 5 nitrogen and oxygen atoms in total. The zero-order valence-electron chi connectivity index (χ0n) is 16.3. The van der Waals surface area contributed by atoms with Gasteiger partial charge in [0, 0.05) is 5.69 Å². The van der Waals surface area contributed by atoms with Gasteiger partial charge in [0.05, 0.1) is 6.42 Å². The average Bonchev–Trinajstić information content (AvgIpc) is 2.89. The van der Waals surface area contributed by atoms with Crippen LogP contribution in [0.25, 0.3) is 11.6 Å². The molecule has 150 valence electrons. The molecule has 1 amide bonds. The Morgan fingerprint density at radius 1 is 0.933 bits per heavy atom. The van der Waals surface area contributed by atoms with E-state index in [1.54, 1.807) is 0 Å². The Morgan fingerprint density at radius 2 is 1.70 bits per heavy atom. The molecule has 0 aromatic heterocycles. The van der Waals surface area contributed by atoms with E-state index in [4.69, 9.17) is 4.74 Å². The van der Waals surface area contributed by atoms with Crippen molar-refractivity contribution < 1.29 is 19.4 Å². The van der Waals surface area contributed by atoms with Crippen LogP contribution in [0.2, 0.25) is 0 Å². The summed E-state index contributed by atoms with van der Waals surface area (Å²) in [5.41, 5.74) is 6.27. The Morgan fingerprint density at radius 3 is 2.50 bits per heavy atom. The van der Waals surface area contributed by atoms with Crippen molar-refractivity contribution in [3.8, 4) is 0 Å². The number of nitrogens with one attached hydrogen (secondary N) is 1. The number of hydrogen-bond acceptors (Lipinski definition) is 3. The molecule has 3 aromatic rings. The van der Waals surface area contributed by atoms with E-state index < -0.39 is 12.1 Å². The first-order valence-corrected chi connectivity index (χ1v) is 9.70. The van der Waals surface area contributed by atoms with Gasteiger partial charge in [0.2, 0.25) is 0 Å². The van der Waals surface area contributed by atoms with Gasteiger partial charge in [-0.2, -0.15) is 0 Å².